The van der Waals surface area contributed by atoms with Gasteiger partial charge in [-0.05, 0) is 149 Å². The molecule has 1 heterocycles. The van der Waals surface area contributed by atoms with Gasteiger partial charge in [0.25, 0.3) is 0 Å². The minimum absolute atomic E-state index is 0.169. The van der Waals surface area contributed by atoms with Crippen molar-refractivity contribution in [2.45, 2.75) is 37.5 Å². The highest BCUT2D eigenvalue weighted by Crippen LogP contribution is 2.69. The number of rotatable bonds is 5. The minimum Gasteiger partial charge on any atom is -0.310 e. The Bertz CT molecular complexity index is 3010. The molecule has 0 amide bonds. The average Bonchev–Trinajstić information content (AvgIpc) is 3.76. The van der Waals surface area contributed by atoms with Crippen LogP contribution >= 0.6 is 0 Å². The highest BCUT2D eigenvalue weighted by Gasteiger charge is 2.61. The predicted molar refractivity (Wildman–Crippen MR) is 242 cm³/mol. The molecule has 5 aliphatic carbocycles. The Morgan fingerprint density at radius 2 is 1.03 bits per heavy atom. The van der Waals surface area contributed by atoms with Gasteiger partial charge in [-0.25, -0.2) is 0 Å². The first-order valence-electron chi connectivity index (χ1n) is 21.4. The molecule has 14 rings (SSSR count). The summed E-state index contributed by atoms with van der Waals surface area (Å²) in [5.74, 6) is 3.40. The van der Waals surface area contributed by atoms with Crippen LogP contribution in [0.1, 0.15) is 43.2 Å². The number of anilines is 3. The lowest BCUT2D eigenvalue weighted by molar-refractivity contribution is -0.0399. The van der Waals surface area contributed by atoms with Crippen LogP contribution in [0.25, 0.3) is 60.5 Å². The molecule has 0 N–H and O–H groups in total. The second-order valence-electron chi connectivity index (χ2n) is 17.7. The Morgan fingerprint density at radius 1 is 0.431 bits per heavy atom. The van der Waals surface area contributed by atoms with Gasteiger partial charge in [-0.15, -0.1) is 0 Å². The first-order valence-corrected chi connectivity index (χ1v) is 21.4. The molecule has 0 aliphatic heterocycles. The lowest BCUT2D eigenvalue weighted by Gasteiger charge is -2.61. The van der Waals surface area contributed by atoms with Crippen molar-refractivity contribution in [1.29, 1.82) is 0 Å². The number of benzene rings is 8. The normalized spacial score (nSPS) is 22.6. The zero-order valence-electron chi connectivity index (χ0n) is 32.6. The fourth-order valence-electron chi connectivity index (χ4n) is 12.9. The van der Waals surface area contributed by atoms with Gasteiger partial charge in [-0.1, -0.05) is 127 Å². The average molecular weight is 745 g/mol. The quantitative estimate of drug-likeness (QED) is 0.170. The molecule has 278 valence electrons. The van der Waals surface area contributed by atoms with Gasteiger partial charge in [0.15, 0.2) is 0 Å². The molecule has 0 atom stereocenters. The van der Waals surface area contributed by atoms with Crippen molar-refractivity contribution in [3.63, 3.8) is 0 Å². The van der Waals surface area contributed by atoms with Crippen LogP contribution in [0.2, 0.25) is 0 Å². The SMILES string of the molecule is c1cc(N(c2ccc(-c3ccc4c(c3)C3(c5ccccc5-4)C4CC5CC(C4)CC3C5)cc2)c2cccc3ccccc23)cc(-n2c3ccccc3c3ccccc32)c1. The number of hydrogen-bond acceptors (Lipinski definition) is 1. The summed E-state index contributed by atoms with van der Waals surface area (Å²) >= 11 is 0. The van der Waals surface area contributed by atoms with Gasteiger partial charge in [0, 0.05) is 38.6 Å². The lowest BCUT2D eigenvalue weighted by Crippen LogP contribution is -2.55. The van der Waals surface area contributed by atoms with Crippen LogP contribution in [0.15, 0.2) is 182 Å². The molecule has 4 saturated carbocycles. The molecule has 0 unspecified atom stereocenters. The third kappa shape index (κ3) is 4.55. The van der Waals surface area contributed by atoms with Crippen molar-refractivity contribution in [2.24, 2.45) is 23.7 Å². The Balaban J connectivity index is 0.944. The summed E-state index contributed by atoms with van der Waals surface area (Å²) in [6, 6.07) is 68.4. The Kier molecular flexibility index (Phi) is 6.94. The number of nitrogens with zero attached hydrogens (tertiary/aromatic N) is 2. The molecule has 2 nitrogen and oxygen atoms in total. The molecule has 0 saturated heterocycles. The standard InChI is InChI=1S/C56H44N2/c1-2-15-46-39(11-1)12-9-22-53(46)57(44-13-10-14-45(35-44)58-54-20-7-4-17-49(54)50-18-5-8-21-55(50)58)43-26-23-38(24-27-43)40-25-28-48-47-16-3-6-19-51(47)56(52(48)34-40)41-30-36-29-37(32-41)33-42(56)31-36/h1-28,34-37,41-42H,29-33H2. The summed E-state index contributed by atoms with van der Waals surface area (Å²) in [4.78, 5) is 2.45. The molecule has 4 bridgehead atoms. The smallest absolute Gasteiger partial charge is 0.0541 e. The molecule has 1 aromatic heterocycles. The van der Waals surface area contributed by atoms with Crippen LogP contribution in [-0.4, -0.2) is 4.57 Å². The summed E-state index contributed by atoms with van der Waals surface area (Å²) in [6.45, 7) is 0. The number of fused-ring (bicyclic) bond motifs is 7. The van der Waals surface area contributed by atoms with Gasteiger partial charge in [-0.3, -0.25) is 0 Å². The van der Waals surface area contributed by atoms with Gasteiger partial charge < -0.3 is 9.47 Å². The maximum Gasteiger partial charge on any atom is 0.0541 e. The summed E-state index contributed by atoms with van der Waals surface area (Å²) in [5, 5.41) is 5.01. The zero-order chi connectivity index (χ0) is 38.0. The van der Waals surface area contributed by atoms with E-state index in [0.29, 0.717) is 0 Å². The molecule has 5 aliphatic rings. The second-order valence-corrected chi connectivity index (χ2v) is 17.7. The number of hydrogen-bond donors (Lipinski definition) is 0. The molecule has 9 aromatic rings. The third-order valence-corrected chi connectivity index (χ3v) is 14.9. The molecule has 0 radical (unpaired) electrons. The fraction of sp³-hybridized carbons (Fsp3) is 0.179. The number of aromatic nitrogens is 1. The maximum absolute atomic E-state index is 2.62. The molecule has 2 heteroatoms. The van der Waals surface area contributed by atoms with E-state index in [9.17, 15) is 0 Å². The van der Waals surface area contributed by atoms with Gasteiger partial charge in [0.05, 0.1) is 16.7 Å². The fourth-order valence-corrected chi connectivity index (χ4v) is 12.9. The predicted octanol–water partition coefficient (Wildman–Crippen LogP) is 14.8. The van der Waals surface area contributed by atoms with Crippen molar-refractivity contribution in [2.75, 3.05) is 4.90 Å². The van der Waals surface area contributed by atoms with Crippen LogP contribution < -0.4 is 4.90 Å². The van der Waals surface area contributed by atoms with Crippen LogP contribution in [0.5, 0.6) is 0 Å². The van der Waals surface area contributed by atoms with E-state index in [1.165, 1.54) is 92.6 Å². The first kappa shape index (κ1) is 32.7. The van der Waals surface area contributed by atoms with E-state index in [0.717, 1.165) is 40.7 Å². The molecule has 1 spiro atoms. The van der Waals surface area contributed by atoms with Crippen molar-refractivity contribution in [1.82, 2.24) is 4.57 Å². The molecule has 58 heavy (non-hydrogen) atoms. The molecule has 8 aromatic carbocycles. The second kappa shape index (κ2) is 12.3. The van der Waals surface area contributed by atoms with Gasteiger partial charge in [0.2, 0.25) is 0 Å². The van der Waals surface area contributed by atoms with Gasteiger partial charge >= 0.3 is 0 Å². The summed E-state index contributed by atoms with van der Waals surface area (Å²) in [7, 11) is 0. The lowest BCUT2D eigenvalue weighted by atomic mass is 9.43. The largest absolute Gasteiger partial charge is 0.310 e. The molecular weight excluding hydrogens is 701 g/mol. The molecular formula is C56H44N2. The summed E-state index contributed by atoms with van der Waals surface area (Å²) in [5.41, 5.74) is 16.0. The van der Waals surface area contributed by atoms with E-state index in [2.05, 4.69) is 191 Å². The van der Waals surface area contributed by atoms with Crippen LogP contribution in [-0.2, 0) is 5.41 Å². The maximum atomic E-state index is 2.62. The molecule has 4 fully saturated rings. The topological polar surface area (TPSA) is 8.17 Å². The Labute approximate surface area is 340 Å². The minimum atomic E-state index is 0.169. The van der Waals surface area contributed by atoms with E-state index < -0.39 is 0 Å². The van der Waals surface area contributed by atoms with Crippen molar-refractivity contribution >= 4 is 49.6 Å². The van der Waals surface area contributed by atoms with E-state index in [-0.39, 0.29) is 5.41 Å². The van der Waals surface area contributed by atoms with E-state index in [1.54, 1.807) is 11.1 Å². The van der Waals surface area contributed by atoms with Crippen LogP contribution in [0, 0.1) is 23.7 Å². The van der Waals surface area contributed by atoms with Crippen molar-refractivity contribution in [3.05, 3.63) is 193 Å². The monoisotopic (exact) mass is 744 g/mol. The Morgan fingerprint density at radius 3 is 1.79 bits per heavy atom. The van der Waals surface area contributed by atoms with Gasteiger partial charge in [-0.2, -0.15) is 0 Å². The van der Waals surface area contributed by atoms with Crippen molar-refractivity contribution < 1.29 is 0 Å². The van der Waals surface area contributed by atoms with E-state index in [4.69, 9.17) is 0 Å². The van der Waals surface area contributed by atoms with E-state index in [1.807, 2.05) is 0 Å². The highest BCUT2D eigenvalue weighted by molar-refractivity contribution is 6.09. The Hall–Kier alpha value is -6.38. The summed E-state index contributed by atoms with van der Waals surface area (Å²) in [6.07, 6.45) is 7.09. The number of para-hydroxylation sites is 2. The van der Waals surface area contributed by atoms with E-state index >= 15 is 0 Å². The summed E-state index contributed by atoms with van der Waals surface area (Å²) < 4.78 is 2.42. The van der Waals surface area contributed by atoms with Crippen LogP contribution in [0.3, 0.4) is 0 Å². The van der Waals surface area contributed by atoms with Gasteiger partial charge in [0.1, 0.15) is 0 Å². The highest BCUT2D eigenvalue weighted by atomic mass is 15.1. The van der Waals surface area contributed by atoms with Crippen LogP contribution in [0.4, 0.5) is 17.1 Å². The first-order chi connectivity index (χ1) is 28.7. The third-order valence-electron chi connectivity index (χ3n) is 14.9. The van der Waals surface area contributed by atoms with Crippen molar-refractivity contribution in [3.8, 4) is 27.9 Å². The zero-order valence-corrected chi connectivity index (χ0v) is 32.6.